The van der Waals surface area contributed by atoms with Crippen LogP contribution in [0.25, 0.3) is 0 Å². The maximum Gasteiger partial charge on any atom is 0.227 e. The van der Waals surface area contributed by atoms with Crippen molar-refractivity contribution in [1.82, 2.24) is 9.97 Å². The summed E-state index contributed by atoms with van der Waals surface area (Å²) in [5, 5.41) is 12.4. The van der Waals surface area contributed by atoms with Gasteiger partial charge in [-0.2, -0.15) is 10.2 Å². The molecule has 0 bridgehead atoms. The van der Waals surface area contributed by atoms with E-state index in [1.807, 2.05) is 31.2 Å². The van der Waals surface area contributed by atoms with Crippen LogP contribution in [0.1, 0.15) is 22.4 Å². The Morgan fingerprint density at radius 1 is 0.900 bits per heavy atom. The summed E-state index contributed by atoms with van der Waals surface area (Å²) in [5.41, 5.74) is 6.37. The van der Waals surface area contributed by atoms with Crippen molar-refractivity contribution >= 4 is 23.1 Å². The molecule has 3 aromatic rings. The zero-order chi connectivity index (χ0) is 21.1. The minimum Gasteiger partial charge on any atom is -0.368 e. The van der Waals surface area contributed by atoms with Crippen LogP contribution in [0, 0.1) is 32.1 Å². The van der Waals surface area contributed by atoms with Gasteiger partial charge in [-0.05, 0) is 56.2 Å². The van der Waals surface area contributed by atoms with Gasteiger partial charge in [-0.3, -0.25) is 0 Å². The van der Waals surface area contributed by atoms with Crippen molar-refractivity contribution in [3.8, 4) is 6.07 Å². The molecule has 0 amide bonds. The lowest BCUT2D eigenvalue weighted by Gasteiger charge is -2.37. The molecule has 0 atom stereocenters. The molecule has 1 aromatic heterocycles. The summed E-state index contributed by atoms with van der Waals surface area (Å²) in [6, 6.07) is 18.0. The molecule has 1 N–H and O–H groups in total. The molecule has 1 fully saturated rings. The van der Waals surface area contributed by atoms with Gasteiger partial charge in [0.2, 0.25) is 5.95 Å². The SMILES string of the molecule is Cc1cc(Nc2cccc(C#N)c2)nc(N2CCN(c3cccc(C)c3C)CC2)n1. The number of rotatable bonds is 4. The lowest BCUT2D eigenvalue weighted by molar-refractivity contribution is 0.638. The normalized spacial score (nSPS) is 13.8. The van der Waals surface area contributed by atoms with Crippen LogP contribution in [-0.2, 0) is 0 Å². The molecular formula is C24H26N6. The fourth-order valence-corrected chi connectivity index (χ4v) is 3.80. The molecule has 0 radical (unpaired) electrons. The number of aromatic nitrogens is 2. The Morgan fingerprint density at radius 3 is 2.40 bits per heavy atom. The van der Waals surface area contributed by atoms with Gasteiger partial charge in [0, 0.05) is 49.3 Å². The zero-order valence-electron chi connectivity index (χ0n) is 17.7. The number of aryl methyl sites for hydroxylation is 2. The van der Waals surface area contributed by atoms with Gasteiger partial charge >= 0.3 is 0 Å². The minimum atomic E-state index is 0.619. The molecule has 0 aliphatic carbocycles. The van der Waals surface area contributed by atoms with Gasteiger partial charge in [0.15, 0.2) is 0 Å². The monoisotopic (exact) mass is 398 g/mol. The third kappa shape index (κ3) is 4.20. The maximum absolute atomic E-state index is 9.11. The highest BCUT2D eigenvalue weighted by Crippen LogP contribution is 2.25. The fourth-order valence-electron chi connectivity index (χ4n) is 3.80. The summed E-state index contributed by atoms with van der Waals surface area (Å²) >= 11 is 0. The van der Waals surface area contributed by atoms with Gasteiger partial charge in [-0.1, -0.05) is 18.2 Å². The van der Waals surface area contributed by atoms with Gasteiger partial charge in [0.05, 0.1) is 11.6 Å². The summed E-state index contributed by atoms with van der Waals surface area (Å²) < 4.78 is 0. The third-order valence-corrected chi connectivity index (χ3v) is 5.59. The molecule has 1 aliphatic rings. The minimum absolute atomic E-state index is 0.619. The Labute approximate surface area is 177 Å². The molecule has 152 valence electrons. The van der Waals surface area contributed by atoms with Gasteiger partial charge < -0.3 is 15.1 Å². The van der Waals surface area contributed by atoms with E-state index in [1.54, 1.807) is 6.07 Å². The van der Waals surface area contributed by atoms with Crippen molar-refractivity contribution in [2.75, 3.05) is 41.3 Å². The molecule has 2 aromatic carbocycles. The zero-order valence-corrected chi connectivity index (χ0v) is 17.7. The molecule has 4 rings (SSSR count). The average Bonchev–Trinajstić information content (AvgIpc) is 2.75. The standard InChI is InChI=1S/C24H26N6/c1-17-6-4-9-22(19(17)3)29-10-12-30(13-11-29)24-26-18(2)14-23(28-24)27-21-8-5-7-20(15-21)16-25/h4-9,14-15H,10-13H2,1-3H3,(H,26,27,28). The van der Waals surface area contributed by atoms with Crippen LogP contribution >= 0.6 is 0 Å². The highest BCUT2D eigenvalue weighted by molar-refractivity contribution is 5.60. The lowest BCUT2D eigenvalue weighted by Crippen LogP contribution is -2.47. The van der Waals surface area contributed by atoms with E-state index >= 15 is 0 Å². The molecule has 6 nitrogen and oxygen atoms in total. The maximum atomic E-state index is 9.11. The number of hydrogen-bond acceptors (Lipinski definition) is 6. The molecule has 6 heteroatoms. The van der Waals surface area contributed by atoms with Crippen LogP contribution in [0.4, 0.5) is 23.1 Å². The van der Waals surface area contributed by atoms with Gasteiger partial charge in [-0.25, -0.2) is 4.98 Å². The number of benzene rings is 2. The van der Waals surface area contributed by atoms with E-state index in [-0.39, 0.29) is 0 Å². The van der Waals surface area contributed by atoms with Crippen molar-refractivity contribution in [2.45, 2.75) is 20.8 Å². The van der Waals surface area contributed by atoms with Crippen LogP contribution in [0.15, 0.2) is 48.5 Å². The molecule has 0 spiro atoms. The predicted octanol–water partition coefficient (Wildman–Crippen LogP) is 4.34. The van der Waals surface area contributed by atoms with E-state index < -0.39 is 0 Å². The molecule has 2 heterocycles. The van der Waals surface area contributed by atoms with Crippen molar-refractivity contribution in [3.63, 3.8) is 0 Å². The van der Waals surface area contributed by atoms with Crippen molar-refractivity contribution < 1.29 is 0 Å². The first-order valence-electron chi connectivity index (χ1n) is 10.2. The highest BCUT2D eigenvalue weighted by Gasteiger charge is 2.21. The number of anilines is 4. The molecule has 30 heavy (non-hydrogen) atoms. The van der Waals surface area contributed by atoms with E-state index in [4.69, 9.17) is 10.2 Å². The second kappa shape index (κ2) is 8.42. The van der Waals surface area contributed by atoms with Crippen molar-refractivity contribution in [3.05, 3.63) is 70.9 Å². The van der Waals surface area contributed by atoms with Gasteiger partial charge in [0.1, 0.15) is 5.82 Å². The Bertz CT molecular complexity index is 1090. The summed E-state index contributed by atoms with van der Waals surface area (Å²) in [5.74, 6) is 1.49. The summed E-state index contributed by atoms with van der Waals surface area (Å²) in [6.45, 7) is 9.97. The quantitative estimate of drug-likeness (QED) is 0.705. The fraction of sp³-hybridized carbons (Fsp3) is 0.292. The molecule has 0 saturated carbocycles. The first-order chi connectivity index (χ1) is 14.5. The van der Waals surface area contributed by atoms with E-state index in [1.165, 1.54) is 16.8 Å². The summed E-state index contributed by atoms with van der Waals surface area (Å²) in [7, 11) is 0. The molecule has 1 aliphatic heterocycles. The Hall–Kier alpha value is -3.59. The Morgan fingerprint density at radius 2 is 1.63 bits per heavy atom. The van der Waals surface area contributed by atoms with E-state index in [0.29, 0.717) is 5.56 Å². The van der Waals surface area contributed by atoms with E-state index in [9.17, 15) is 0 Å². The number of nitriles is 1. The van der Waals surface area contributed by atoms with E-state index in [2.05, 4.69) is 58.2 Å². The Kier molecular flexibility index (Phi) is 5.53. The van der Waals surface area contributed by atoms with Gasteiger partial charge in [-0.15, -0.1) is 0 Å². The lowest BCUT2D eigenvalue weighted by atomic mass is 10.1. The van der Waals surface area contributed by atoms with Crippen LogP contribution in [0.3, 0.4) is 0 Å². The average molecular weight is 399 g/mol. The molecular weight excluding hydrogens is 372 g/mol. The molecule has 0 unspecified atom stereocenters. The highest BCUT2D eigenvalue weighted by atomic mass is 15.3. The van der Waals surface area contributed by atoms with Crippen LogP contribution in [0.5, 0.6) is 0 Å². The second-order valence-corrected chi connectivity index (χ2v) is 7.71. The first kappa shape index (κ1) is 19.7. The summed E-state index contributed by atoms with van der Waals surface area (Å²) in [6.07, 6.45) is 0. The van der Waals surface area contributed by atoms with Gasteiger partial charge in [0.25, 0.3) is 0 Å². The van der Waals surface area contributed by atoms with E-state index in [0.717, 1.165) is 49.3 Å². The first-order valence-corrected chi connectivity index (χ1v) is 10.2. The number of piperazine rings is 1. The van der Waals surface area contributed by atoms with Crippen LogP contribution < -0.4 is 15.1 Å². The topological polar surface area (TPSA) is 68.1 Å². The van der Waals surface area contributed by atoms with Crippen LogP contribution in [0.2, 0.25) is 0 Å². The molecule has 1 saturated heterocycles. The second-order valence-electron chi connectivity index (χ2n) is 7.71. The largest absolute Gasteiger partial charge is 0.368 e. The Balaban J connectivity index is 1.48. The van der Waals surface area contributed by atoms with Crippen LogP contribution in [-0.4, -0.2) is 36.1 Å². The number of nitrogens with one attached hydrogen (secondary N) is 1. The number of hydrogen-bond donors (Lipinski definition) is 1. The smallest absolute Gasteiger partial charge is 0.227 e. The third-order valence-electron chi connectivity index (χ3n) is 5.59. The van der Waals surface area contributed by atoms with Crippen molar-refractivity contribution in [1.29, 1.82) is 5.26 Å². The van der Waals surface area contributed by atoms with Crippen molar-refractivity contribution in [2.24, 2.45) is 0 Å². The number of nitrogens with zero attached hydrogens (tertiary/aromatic N) is 5. The predicted molar refractivity (Wildman–Crippen MR) is 122 cm³/mol. The summed E-state index contributed by atoms with van der Waals surface area (Å²) in [4.78, 5) is 14.1.